The van der Waals surface area contributed by atoms with Gasteiger partial charge in [0.1, 0.15) is 0 Å². The Morgan fingerprint density at radius 2 is 2.13 bits per heavy atom. The fourth-order valence-corrected chi connectivity index (χ4v) is 2.78. The number of halogens is 1. The van der Waals surface area contributed by atoms with E-state index in [9.17, 15) is 0 Å². The van der Waals surface area contributed by atoms with Crippen molar-refractivity contribution >= 4 is 11.6 Å². The van der Waals surface area contributed by atoms with Gasteiger partial charge in [-0.15, -0.1) is 0 Å². The first-order valence-electron chi connectivity index (χ1n) is 5.71. The summed E-state index contributed by atoms with van der Waals surface area (Å²) in [5.41, 5.74) is 1.32. The molecule has 1 aliphatic rings. The van der Waals surface area contributed by atoms with Gasteiger partial charge in [-0.2, -0.15) is 0 Å². The number of benzene rings is 1. The fourth-order valence-electron chi connectivity index (χ4n) is 2.50. The van der Waals surface area contributed by atoms with Crippen molar-refractivity contribution in [3.05, 3.63) is 34.9 Å². The number of hydrogen-bond donors (Lipinski definition) is 1. The van der Waals surface area contributed by atoms with Crippen molar-refractivity contribution in [1.82, 2.24) is 5.32 Å². The molecule has 1 aromatic carbocycles. The Kier molecular flexibility index (Phi) is 3.32. The Hall–Kier alpha value is -0.530. The van der Waals surface area contributed by atoms with E-state index in [2.05, 4.69) is 31.3 Å². The highest BCUT2D eigenvalue weighted by atomic mass is 35.5. The molecule has 0 saturated heterocycles. The van der Waals surface area contributed by atoms with Crippen molar-refractivity contribution in [3.63, 3.8) is 0 Å². The summed E-state index contributed by atoms with van der Waals surface area (Å²) in [6.07, 6.45) is 1.22. The summed E-state index contributed by atoms with van der Waals surface area (Å²) in [6, 6.07) is 8.90. The summed E-state index contributed by atoms with van der Waals surface area (Å²) in [7, 11) is 0. The van der Waals surface area contributed by atoms with Crippen molar-refractivity contribution in [2.75, 3.05) is 6.54 Å². The van der Waals surface area contributed by atoms with Crippen LogP contribution in [-0.2, 0) is 0 Å². The highest BCUT2D eigenvalue weighted by Gasteiger charge is 2.38. The maximum atomic E-state index is 6.20. The molecular weight excluding hydrogens is 206 g/mol. The lowest BCUT2D eigenvalue weighted by molar-refractivity contribution is 0.187. The van der Waals surface area contributed by atoms with Crippen molar-refractivity contribution in [2.24, 2.45) is 5.92 Å². The van der Waals surface area contributed by atoms with Crippen LogP contribution in [0.2, 0.25) is 5.02 Å². The molecule has 3 unspecified atom stereocenters. The summed E-state index contributed by atoms with van der Waals surface area (Å²) in [4.78, 5) is 0. The van der Waals surface area contributed by atoms with Crippen LogP contribution in [-0.4, -0.2) is 12.6 Å². The molecule has 1 nitrogen and oxygen atoms in total. The van der Waals surface area contributed by atoms with E-state index in [0.29, 0.717) is 17.9 Å². The molecule has 0 bridgehead atoms. The summed E-state index contributed by atoms with van der Waals surface area (Å²) in [5.74, 6) is 1.34. The third kappa shape index (κ3) is 2.04. The average Bonchev–Trinajstić information content (AvgIpc) is 2.25. The van der Waals surface area contributed by atoms with Gasteiger partial charge in [-0.05, 0) is 36.4 Å². The molecule has 1 saturated carbocycles. The van der Waals surface area contributed by atoms with Gasteiger partial charge in [-0.25, -0.2) is 0 Å². The van der Waals surface area contributed by atoms with Gasteiger partial charge in [0.2, 0.25) is 0 Å². The van der Waals surface area contributed by atoms with E-state index < -0.39 is 0 Å². The third-order valence-electron chi connectivity index (χ3n) is 3.55. The highest BCUT2D eigenvalue weighted by Crippen LogP contribution is 2.44. The van der Waals surface area contributed by atoms with Crippen LogP contribution in [0.4, 0.5) is 0 Å². The number of rotatable bonds is 3. The zero-order valence-electron chi connectivity index (χ0n) is 9.33. The zero-order valence-corrected chi connectivity index (χ0v) is 10.1. The van der Waals surface area contributed by atoms with Crippen molar-refractivity contribution < 1.29 is 0 Å². The Balaban J connectivity index is 2.06. The molecule has 2 heteroatoms. The van der Waals surface area contributed by atoms with E-state index in [-0.39, 0.29) is 0 Å². The predicted octanol–water partition coefficient (Wildman–Crippen LogP) is 3.44. The van der Waals surface area contributed by atoms with E-state index in [1.165, 1.54) is 12.0 Å². The fraction of sp³-hybridized carbons (Fsp3) is 0.538. The molecule has 82 valence electrons. The quantitative estimate of drug-likeness (QED) is 0.828. The van der Waals surface area contributed by atoms with Gasteiger partial charge in [-0.1, -0.05) is 43.6 Å². The van der Waals surface area contributed by atoms with Crippen LogP contribution < -0.4 is 5.32 Å². The third-order valence-corrected chi connectivity index (χ3v) is 3.89. The minimum absolute atomic E-state index is 0.641. The van der Waals surface area contributed by atoms with E-state index in [0.717, 1.165) is 11.6 Å². The number of nitrogens with one attached hydrogen (secondary N) is 1. The van der Waals surface area contributed by atoms with Crippen LogP contribution in [0.3, 0.4) is 0 Å². The van der Waals surface area contributed by atoms with Crippen LogP contribution >= 0.6 is 11.6 Å². The maximum absolute atomic E-state index is 6.20. The minimum atomic E-state index is 0.641. The second kappa shape index (κ2) is 4.54. The van der Waals surface area contributed by atoms with Crippen molar-refractivity contribution in [2.45, 2.75) is 32.2 Å². The SMILES string of the molecule is CCNC1CC(c2ccccc2Cl)C1C. The largest absolute Gasteiger partial charge is 0.314 e. The van der Waals surface area contributed by atoms with Crippen LogP contribution in [0.5, 0.6) is 0 Å². The lowest BCUT2D eigenvalue weighted by atomic mass is 9.67. The first kappa shape index (κ1) is 11.0. The Bertz CT molecular complexity index is 337. The monoisotopic (exact) mass is 223 g/mol. The molecule has 0 radical (unpaired) electrons. The molecule has 0 heterocycles. The summed E-state index contributed by atoms with van der Waals surface area (Å²) < 4.78 is 0. The Labute approximate surface area is 96.8 Å². The summed E-state index contributed by atoms with van der Waals surface area (Å²) in [5, 5.41) is 4.43. The zero-order chi connectivity index (χ0) is 10.8. The smallest absolute Gasteiger partial charge is 0.0440 e. The van der Waals surface area contributed by atoms with Crippen LogP contribution in [0.15, 0.2) is 24.3 Å². The molecule has 0 aromatic heterocycles. The molecule has 3 atom stereocenters. The molecule has 15 heavy (non-hydrogen) atoms. The maximum Gasteiger partial charge on any atom is 0.0440 e. The van der Waals surface area contributed by atoms with E-state index in [1.807, 2.05) is 12.1 Å². The minimum Gasteiger partial charge on any atom is -0.314 e. The number of hydrogen-bond acceptors (Lipinski definition) is 1. The van der Waals surface area contributed by atoms with Crippen molar-refractivity contribution in [3.8, 4) is 0 Å². The topological polar surface area (TPSA) is 12.0 Å². The van der Waals surface area contributed by atoms with Crippen LogP contribution in [0.1, 0.15) is 31.7 Å². The second-order valence-corrected chi connectivity index (χ2v) is 4.79. The molecule has 0 spiro atoms. The van der Waals surface area contributed by atoms with E-state index in [4.69, 9.17) is 11.6 Å². The summed E-state index contributed by atoms with van der Waals surface area (Å²) >= 11 is 6.20. The predicted molar refractivity (Wildman–Crippen MR) is 65.4 cm³/mol. The molecule has 0 aliphatic heterocycles. The van der Waals surface area contributed by atoms with Gasteiger partial charge >= 0.3 is 0 Å². The summed E-state index contributed by atoms with van der Waals surface area (Å²) in [6.45, 7) is 5.53. The molecule has 1 aliphatic carbocycles. The second-order valence-electron chi connectivity index (χ2n) is 4.39. The molecule has 0 amide bonds. The van der Waals surface area contributed by atoms with Crippen LogP contribution in [0, 0.1) is 5.92 Å². The van der Waals surface area contributed by atoms with Gasteiger partial charge in [-0.3, -0.25) is 0 Å². The lowest BCUT2D eigenvalue weighted by Crippen LogP contribution is -2.47. The van der Waals surface area contributed by atoms with E-state index in [1.54, 1.807) is 0 Å². The van der Waals surface area contributed by atoms with Gasteiger partial charge in [0.05, 0.1) is 0 Å². The molecule has 2 rings (SSSR count). The first-order chi connectivity index (χ1) is 7.24. The average molecular weight is 224 g/mol. The van der Waals surface area contributed by atoms with Gasteiger partial charge in [0.15, 0.2) is 0 Å². The van der Waals surface area contributed by atoms with Crippen LogP contribution in [0.25, 0.3) is 0 Å². The molecule has 1 fully saturated rings. The first-order valence-corrected chi connectivity index (χ1v) is 6.09. The molecule has 1 N–H and O–H groups in total. The van der Waals surface area contributed by atoms with Gasteiger partial charge in [0.25, 0.3) is 0 Å². The lowest BCUT2D eigenvalue weighted by Gasteiger charge is -2.44. The Morgan fingerprint density at radius 1 is 1.40 bits per heavy atom. The normalized spacial score (nSPS) is 29.9. The Morgan fingerprint density at radius 3 is 2.73 bits per heavy atom. The standard InChI is InChI=1S/C13H18ClN/c1-3-15-13-8-11(9(13)2)10-6-4-5-7-12(10)14/h4-7,9,11,13,15H,3,8H2,1-2H3. The van der Waals surface area contributed by atoms with Crippen molar-refractivity contribution in [1.29, 1.82) is 0 Å². The molecule has 1 aromatic rings. The highest BCUT2D eigenvalue weighted by molar-refractivity contribution is 6.31. The molecular formula is C13H18ClN. The van der Waals surface area contributed by atoms with E-state index >= 15 is 0 Å². The van der Waals surface area contributed by atoms with Gasteiger partial charge < -0.3 is 5.32 Å². The van der Waals surface area contributed by atoms with Gasteiger partial charge in [0, 0.05) is 11.1 Å².